The van der Waals surface area contributed by atoms with Crippen molar-refractivity contribution in [3.05, 3.63) is 52.5 Å². The summed E-state index contributed by atoms with van der Waals surface area (Å²) in [5.41, 5.74) is 6.86. The first-order chi connectivity index (χ1) is 11.6. The summed E-state index contributed by atoms with van der Waals surface area (Å²) in [6.07, 6.45) is 3.48. The second-order valence-corrected chi connectivity index (χ2v) is 6.30. The third kappa shape index (κ3) is 5.24. The molecule has 0 spiro atoms. The molecule has 3 rings (SSSR count). The predicted octanol–water partition coefficient (Wildman–Crippen LogP) is 2.63. The van der Waals surface area contributed by atoms with Gasteiger partial charge in [-0.1, -0.05) is 6.07 Å². The molecule has 6 nitrogen and oxygen atoms in total. The van der Waals surface area contributed by atoms with Gasteiger partial charge >= 0.3 is 0 Å². The zero-order valence-corrected chi connectivity index (χ0v) is 17.4. The van der Waals surface area contributed by atoms with Crippen molar-refractivity contribution in [2.45, 2.75) is 6.54 Å². The molecule has 1 aliphatic rings. The van der Waals surface area contributed by atoms with Gasteiger partial charge in [0.05, 0.1) is 11.0 Å². The Bertz CT molecular complexity index is 722. The summed E-state index contributed by atoms with van der Waals surface area (Å²) in [6, 6.07) is 6.77. The van der Waals surface area contributed by atoms with Gasteiger partial charge < -0.3 is 15.5 Å². The highest BCUT2D eigenvalue weighted by atomic mass is 127. The molecule has 0 saturated carbocycles. The van der Waals surface area contributed by atoms with Crippen LogP contribution in [-0.2, 0) is 6.54 Å². The van der Waals surface area contributed by atoms with Crippen LogP contribution in [-0.4, -0.2) is 47.0 Å². The third-order valence-corrected chi connectivity index (χ3v) is 4.49. The highest BCUT2D eigenvalue weighted by Crippen LogP contribution is 2.17. The van der Waals surface area contributed by atoms with E-state index in [0.717, 1.165) is 37.7 Å². The average molecular weight is 521 g/mol. The van der Waals surface area contributed by atoms with E-state index in [4.69, 9.17) is 5.73 Å². The minimum atomic E-state index is -0.294. The number of aromatic nitrogens is 2. The molecule has 0 atom stereocenters. The largest absolute Gasteiger partial charge is 0.370 e. The molecule has 1 fully saturated rings. The zero-order valence-electron chi connectivity index (χ0n) is 13.5. The second-order valence-electron chi connectivity index (χ2n) is 5.45. The van der Waals surface area contributed by atoms with Gasteiger partial charge in [0.25, 0.3) is 0 Å². The number of anilines is 1. The van der Waals surface area contributed by atoms with Crippen LogP contribution >= 0.6 is 39.9 Å². The first-order valence-electron chi connectivity index (χ1n) is 7.64. The molecule has 1 aromatic heterocycles. The normalized spacial score (nSPS) is 15.0. The topological polar surface area (TPSA) is 70.6 Å². The van der Waals surface area contributed by atoms with Gasteiger partial charge in [-0.15, -0.1) is 24.0 Å². The molecule has 134 valence electrons. The van der Waals surface area contributed by atoms with Gasteiger partial charge in [-0.3, -0.25) is 0 Å². The number of halogens is 3. The van der Waals surface area contributed by atoms with Crippen molar-refractivity contribution in [1.82, 2.24) is 14.9 Å². The third-order valence-electron chi connectivity index (χ3n) is 3.85. The van der Waals surface area contributed by atoms with E-state index in [-0.39, 0.29) is 29.8 Å². The monoisotopic (exact) mass is 520 g/mol. The summed E-state index contributed by atoms with van der Waals surface area (Å²) < 4.78 is 14.0. The number of benzene rings is 1. The maximum atomic E-state index is 13.5. The predicted molar refractivity (Wildman–Crippen MR) is 111 cm³/mol. The molecule has 2 heterocycles. The van der Waals surface area contributed by atoms with E-state index >= 15 is 0 Å². The fraction of sp³-hybridized carbons (Fsp3) is 0.312. The SMILES string of the molecule is I.NC(=NCc1ccc(Br)c(F)c1)N1CCN(c2ncccn2)CC1. The van der Waals surface area contributed by atoms with Gasteiger partial charge in [0.1, 0.15) is 5.82 Å². The average Bonchev–Trinajstić information content (AvgIpc) is 2.63. The van der Waals surface area contributed by atoms with Crippen LogP contribution in [0.5, 0.6) is 0 Å². The zero-order chi connectivity index (χ0) is 16.9. The number of hydrogen-bond acceptors (Lipinski definition) is 4. The van der Waals surface area contributed by atoms with Crippen LogP contribution in [0.1, 0.15) is 5.56 Å². The molecule has 0 bridgehead atoms. The molecule has 9 heteroatoms. The Morgan fingerprint density at radius 3 is 2.52 bits per heavy atom. The van der Waals surface area contributed by atoms with Crippen molar-refractivity contribution in [3.63, 3.8) is 0 Å². The Balaban J connectivity index is 0.00000225. The molecule has 25 heavy (non-hydrogen) atoms. The van der Waals surface area contributed by atoms with Crippen molar-refractivity contribution in [3.8, 4) is 0 Å². The number of nitrogens with two attached hydrogens (primary N) is 1. The molecular formula is C16H19BrFIN6. The Labute approximate surface area is 171 Å². The van der Waals surface area contributed by atoms with Crippen LogP contribution in [0.15, 0.2) is 46.1 Å². The number of hydrogen-bond donors (Lipinski definition) is 1. The Morgan fingerprint density at radius 1 is 1.20 bits per heavy atom. The fourth-order valence-electron chi connectivity index (χ4n) is 2.50. The van der Waals surface area contributed by atoms with Crippen molar-refractivity contribution >= 4 is 51.8 Å². The van der Waals surface area contributed by atoms with E-state index < -0.39 is 0 Å². The number of nitrogens with zero attached hydrogens (tertiary/aromatic N) is 5. The first kappa shape index (κ1) is 19.8. The Morgan fingerprint density at radius 2 is 1.88 bits per heavy atom. The van der Waals surface area contributed by atoms with E-state index in [1.807, 2.05) is 11.0 Å². The first-order valence-corrected chi connectivity index (χ1v) is 8.43. The van der Waals surface area contributed by atoms with Gasteiger partial charge in [0.15, 0.2) is 5.96 Å². The molecule has 2 N–H and O–H groups in total. The highest BCUT2D eigenvalue weighted by Gasteiger charge is 2.19. The van der Waals surface area contributed by atoms with Crippen LogP contribution in [0.25, 0.3) is 0 Å². The van der Waals surface area contributed by atoms with Gasteiger partial charge in [-0.05, 0) is 39.7 Å². The maximum Gasteiger partial charge on any atom is 0.225 e. The number of guanidine groups is 1. The lowest BCUT2D eigenvalue weighted by molar-refractivity contribution is 0.378. The van der Waals surface area contributed by atoms with Crippen LogP contribution in [0.2, 0.25) is 0 Å². The lowest BCUT2D eigenvalue weighted by atomic mass is 10.2. The summed E-state index contributed by atoms with van der Waals surface area (Å²) in [4.78, 5) is 17.0. The Hall–Kier alpha value is -1.49. The maximum absolute atomic E-state index is 13.5. The van der Waals surface area contributed by atoms with Crippen LogP contribution < -0.4 is 10.6 Å². The van der Waals surface area contributed by atoms with Gasteiger partial charge in [-0.25, -0.2) is 19.4 Å². The molecular weight excluding hydrogens is 502 g/mol. The lowest BCUT2D eigenvalue weighted by Crippen LogP contribution is -2.51. The van der Waals surface area contributed by atoms with E-state index in [2.05, 4.69) is 35.8 Å². The van der Waals surface area contributed by atoms with Crippen molar-refractivity contribution in [2.24, 2.45) is 10.7 Å². The summed E-state index contributed by atoms with van der Waals surface area (Å²) in [7, 11) is 0. The lowest BCUT2D eigenvalue weighted by Gasteiger charge is -2.35. The number of piperazine rings is 1. The molecule has 0 radical (unpaired) electrons. The fourth-order valence-corrected chi connectivity index (χ4v) is 2.75. The van der Waals surface area contributed by atoms with Gasteiger partial charge in [0.2, 0.25) is 5.95 Å². The summed E-state index contributed by atoms with van der Waals surface area (Å²) in [5.74, 6) is 0.919. The van der Waals surface area contributed by atoms with Crippen LogP contribution in [0.4, 0.5) is 10.3 Å². The smallest absolute Gasteiger partial charge is 0.225 e. The van der Waals surface area contributed by atoms with Crippen molar-refractivity contribution < 1.29 is 4.39 Å². The summed E-state index contributed by atoms with van der Waals surface area (Å²) >= 11 is 3.14. The molecule has 0 aliphatic carbocycles. The van der Waals surface area contributed by atoms with E-state index in [0.29, 0.717) is 17.0 Å². The molecule has 0 amide bonds. The van der Waals surface area contributed by atoms with E-state index in [1.54, 1.807) is 24.5 Å². The van der Waals surface area contributed by atoms with Crippen molar-refractivity contribution in [2.75, 3.05) is 31.1 Å². The molecule has 0 unspecified atom stereocenters. The van der Waals surface area contributed by atoms with E-state index in [9.17, 15) is 4.39 Å². The summed E-state index contributed by atoms with van der Waals surface area (Å²) in [6.45, 7) is 3.43. The quantitative estimate of drug-likeness (QED) is 0.383. The minimum absolute atomic E-state index is 0. The highest BCUT2D eigenvalue weighted by molar-refractivity contribution is 14.0. The van der Waals surface area contributed by atoms with Crippen LogP contribution in [0, 0.1) is 5.82 Å². The molecule has 1 saturated heterocycles. The molecule has 2 aromatic rings. The van der Waals surface area contributed by atoms with Crippen molar-refractivity contribution in [1.29, 1.82) is 0 Å². The standard InChI is InChI=1S/C16H18BrFN6.HI/c17-13-3-2-12(10-14(13)18)11-22-15(19)23-6-8-24(9-7-23)16-20-4-1-5-21-16;/h1-5,10H,6-9,11H2,(H2,19,22);1H. The molecule has 1 aliphatic heterocycles. The Kier molecular flexibility index (Phi) is 7.36. The summed E-state index contributed by atoms with van der Waals surface area (Å²) in [5, 5.41) is 0. The van der Waals surface area contributed by atoms with Crippen LogP contribution in [0.3, 0.4) is 0 Å². The second kappa shape index (κ2) is 9.27. The van der Waals surface area contributed by atoms with E-state index in [1.165, 1.54) is 6.07 Å². The molecule has 1 aromatic carbocycles. The van der Waals surface area contributed by atoms with Gasteiger partial charge in [-0.2, -0.15) is 0 Å². The van der Waals surface area contributed by atoms with Gasteiger partial charge in [0, 0.05) is 38.6 Å². The number of aliphatic imine (C=N–C) groups is 1. The number of rotatable bonds is 3. The minimum Gasteiger partial charge on any atom is -0.370 e.